The van der Waals surface area contributed by atoms with E-state index in [1.807, 2.05) is 12.1 Å². The standard InChI is InChI=1S/C11H15ClOS/c1-11(2,3)7-13-10-5-4-8(14)6-9(10)12/h4-6,14H,7H2,1-3H3. The molecule has 0 amide bonds. The summed E-state index contributed by atoms with van der Waals surface area (Å²) < 4.78 is 5.59. The number of benzene rings is 1. The third kappa shape index (κ3) is 3.81. The van der Waals surface area contributed by atoms with Gasteiger partial charge in [0, 0.05) is 4.90 Å². The van der Waals surface area contributed by atoms with Gasteiger partial charge in [-0.3, -0.25) is 0 Å². The quantitative estimate of drug-likeness (QED) is 0.755. The molecule has 3 heteroatoms. The minimum Gasteiger partial charge on any atom is -0.491 e. The van der Waals surface area contributed by atoms with Gasteiger partial charge in [-0.2, -0.15) is 0 Å². The van der Waals surface area contributed by atoms with Crippen LogP contribution >= 0.6 is 24.2 Å². The lowest BCUT2D eigenvalue weighted by Crippen LogP contribution is -2.16. The molecule has 0 radical (unpaired) electrons. The van der Waals surface area contributed by atoms with Crippen molar-refractivity contribution in [3.8, 4) is 5.75 Å². The van der Waals surface area contributed by atoms with Gasteiger partial charge in [-0.25, -0.2) is 0 Å². The molecule has 0 atom stereocenters. The summed E-state index contributed by atoms with van der Waals surface area (Å²) in [5.41, 5.74) is 0.142. The van der Waals surface area contributed by atoms with Crippen molar-refractivity contribution >= 4 is 24.2 Å². The van der Waals surface area contributed by atoms with E-state index in [1.54, 1.807) is 6.07 Å². The summed E-state index contributed by atoms with van der Waals surface area (Å²) in [6, 6.07) is 5.49. The third-order valence-electron chi connectivity index (χ3n) is 1.58. The second-order valence-corrected chi connectivity index (χ2v) is 5.39. The first kappa shape index (κ1) is 11.7. The zero-order valence-corrected chi connectivity index (χ0v) is 10.3. The van der Waals surface area contributed by atoms with Crippen LogP contribution in [0, 0.1) is 5.41 Å². The van der Waals surface area contributed by atoms with Crippen molar-refractivity contribution in [1.82, 2.24) is 0 Å². The highest BCUT2D eigenvalue weighted by Gasteiger charge is 2.12. The van der Waals surface area contributed by atoms with Gasteiger partial charge in [-0.05, 0) is 23.6 Å². The van der Waals surface area contributed by atoms with E-state index >= 15 is 0 Å². The Labute approximate surface area is 95.8 Å². The Bertz CT molecular complexity index is 318. The maximum atomic E-state index is 5.98. The summed E-state index contributed by atoms with van der Waals surface area (Å²) in [6.07, 6.45) is 0. The maximum absolute atomic E-state index is 5.98. The monoisotopic (exact) mass is 230 g/mol. The number of thiol groups is 1. The molecule has 1 aromatic carbocycles. The molecule has 0 aromatic heterocycles. The first-order valence-corrected chi connectivity index (χ1v) is 5.32. The fourth-order valence-corrected chi connectivity index (χ4v) is 1.42. The summed E-state index contributed by atoms with van der Waals surface area (Å²) in [4.78, 5) is 0.845. The molecule has 0 aliphatic rings. The van der Waals surface area contributed by atoms with Gasteiger partial charge in [0.25, 0.3) is 0 Å². The van der Waals surface area contributed by atoms with Crippen molar-refractivity contribution in [3.05, 3.63) is 23.2 Å². The van der Waals surface area contributed by atoms with E-state index in [0.717, 1.165) is 10.6 Å². The molecule has 14 heavy (non-hydrogen) atoms. The average Bonchev–Trinajstić information content (AvgIpc) is 2.00. The van der Waals surface area contributed by atoms with Crippen LogP contribution in [0.25, 0.3) is 0 Å². The van der Waals surface area contributed by atoms with Crippen LogP contribution in [0.2, 0.25) is 5.02 Å². The van der Waals surface area contributed by atoms with Gasteiger partial charge in [0.1, 0.15) is 5.75 Å². The zero-order valence-electron chi connectivity index (χ0n) is 8.67. The minimum atomic E-state index is 0.142. The van der Waals surface area contributed by atoms with E-state index in [-0.39, 0.29) is 5.41 Å². The molecule has 0 aliphatic heterocycles. The lowest BCUT2D eigenvalue weighted by Gasteiger charge is -2.19. The topological polar surface area (TPSA) is 9.23 Å². The van der Waals surface area contributed by atoms with Gasteiger partial charge in [0.2, 0.25) is 0 Å². The molecule has 0 saturated carbocycles. The summed E-state index contributed by atoms with van der Waals surface area (Å²) >= 11 is 10.2. The molecule has 0 aliphatic carbocycles. The Morgan fingerprint density at radius 3 is 2.50 bits per heavy atom. The van der Waals surface area contributed by atoms with Gasteiger partial charge in [-0.1, -0.05) is 32.4 Å². The molecular weight excluding hydrogens is 216 g/mol. The van der Waals surface area contributed by atoms with Crippen molar-refractivity contribution in [2.24, 2.45) is 5.41 Å². The molecule has 0 saturated heterocycles. The second-order valence-electron chi connectivity index (χ2n) is 4.46. The lowest BCUT2D eigenvalue weighted by atomic mass is 9.99. The van der Waals surface area contributed by atoms with Gasteiger partial charge in [-0.15, -0.1) is 12.6 Å². The Kier molecular flexibility index (Phi) is 3.73. The Morgan fingerprint density at radius 1 is 1.36 bits per heavy atom. The second kappa shape index (κ2) is 4.45. The van der Waals surface area contributed by atoms with E-state index in [1.165, 1.54) is 0 Å². The Morgan fingerprint density at radius 2 is 2.00 bits per heavy atom. The molecule has 0 N–H and O–H groups in total. The van der Waals surface area contributed by atoms with Crippen LogP contribution in [0.15, 0.2) is 23.1 Å². The van der Waals surface area contributed by atoms with Crippen molar-refractivity contribution in [2.75, 3.05) is 6.61 Å². The SMILES string of the molecule is CC(C)(C)COc1ccc(S)cc1Cl. The predicted octanol–water partition coefficient (Wildman–Crippen LogP) is 4.05. The van der Waals surface area contributed by atoms with Crippen LogP contribution in [0.5, 0.6) is 5.75 Å². The van der Waals surface area contributed by atoms with Gasteiger partial charge >= 0.3 is 0 Å². The molecule has 0 spiro atoms. The molecule has 0 heterocycles. The average molecular weight is 231 g/mol. The molecule has 1 rings (SSSR count). The minimum absolute atomic E-state index is 0.142. The predicted molar refractivity (Wildman–Crippen MR) is 63.7 cm³/mol. The fourth-order valence-electron chi connectivity index (χ4n) is 0.901. The summed E-state index contributed by atoms with van der Waals surface area (Å²) in [6.45, 7) is 7.01. The van der Waals surface area contributed by atoms with E-state index < -0.39 is 0 Å². The number of halogens is 1. The van der Waals surface area contributed by atoms with E-state index in [9.17, 15) is 0 Å². The number of rotatable bonds is 2. The largest absolute Gasteiger partial charge is 0.491 e. The van der Waals surface area contributed by atoms with Crippen LogP contribution < -0.4 is 4.74 Å². The van der Waals surface area contributed by atoms with Crippen molar-refractivity contribution < 1.29 is 4.74 Å². The number of hydrogen-bond acceptors (Lipinski definition) is 2. The summed E-state index contributed by atoms with van der Waals surface area (Å²) in [5.74, 6) is 0.722. The van der Waals surface area contributed by atoms with Crippen LogP contribution in [-0.4, -0.2) is 6.61 Å². The Hall–Kier alpha value is -0.340. The smallest absolute Gasteiger partial charge is 0.137 e. The third-order valence-corrected chi connectivity index (χ3v) is 2.15. The van der Waals surface area contributed by atoms with Gasteiger partial charge < -0.3 is 4.74 Å². The van der Waals surface area contributed by atoms with E-state index in [0.29, 0.717) is 11.6 Å². The number of hydrogen-bond donors (Lipinski definition) is 1. The first-order valence-electron chi connectivity index (χ1n) is 4.50. The molecule has 0 bridgehead atoms. The Balaban J connectivity index is 2.68. The highest BCUT2D eigenvalue weighted by atomic mass is 35.5. The normalized spacial score (nSPS) is 11.5. The molecular formula is C11H15ClOS. The summed E-state index contributed by atoms with van der Waals surface area (Å²) in [7, 11) is 0. The van der Waals surface area contributed by atoms with Crippen LogP contribution in [0.3, 0.4) is 0 Å². The molecule has 0 unspecified atom stereocenters. The highest BCUT2D eigenvalue weighted by Crippen LogP contribution is 2.28. The van der Waals surface area contributed by atoms with Crippen molar-refractivity contribution in [1.29, 1.82) is 0 Å². The lowest BCUT2D eigenvalue weighted by molar-refractivity contribution is 0.198. The van der Waals surface area contributed by atoms with Crippen molar-refractivity contribution in [2.45, 2.75) is 25.7 Å². The van der Waals surface area contributed by atoms with Crippen LogP contribution in [0.4, 0.5) is 0 Å². The highest BCUT2D eigenvalue weighted by molar-refractivity contribution is 7.80. The zero-order chi connectivity index (χ0) is 10.8. The van der Waals surface area contributed by atoms with Crippen LogP contribution in [0.1, 0.15) is 20.8 Å². The summed E-state index contributed by atoms with van der Waals surface area (Å²) in [5, 5.41) is 0.613. The van der Waals surface area contributed by atoms with Crippen LogP contribution in [-0.2, 0) is 0 Å². The molecule has 78 valence electrons. The van der Waals surface area contributed by atoms with E-state index in [2.05, 4.69) is 33.4 Å². The van der Waals surface area contributed by atoms with Gasteiger partial charge in [0.15, 0.2) is 0 Å². The number of ether oxygens (including phenoxy) is 1. The van der Waals surface area contributed by atoms with E-state index in [4.69, 9.17) is 16.3 Å². The molecule has 1 nitrogen and oxygen atoms in total. The fraction of sp³-hybridized carbons (Fsp3) is 0.455. The van der Waals surface area contributed by atoms with Crippen molar-refractivity contribution in [3.63, 3.8) is 0 Å². The maximum Gasteiger partial charge on any atom is 0.137 e. The molecule has 1 aromatic rings. The first-order chi connectivity index (χ1) is 6.38. The molecule has 0 fully saturated rings. The van der Waals surface area contributed by atoms with Gasteiger partial charge in [0.05, 0.1) is 11.6 Å².